The van der Waals surface area contributed by atoms with Crippen LogP contribution in [0.4, 0.5) is 0 Å². The zero-order chi connectivity index (χ0) is 14.1. The first kappa shape index (κ1) is 13.4. The van der Waals surface area contributed by atoms with Crippen molar-refractivity contribution in [3.05, 3.63) is 70.3 Å². The van der Waals surface area contributed by atoms with E-state index in [4.69, 9.17) is 0 Å². The molecule has 104 valence electrons. The summed E-state index contributed by atoms with van der Waals surface area (Å²) < 4.78 is 0. The van der Waals surface area contributed by atoms with E-state index in [1.807, 2.05) is 0 Å². The van der Waals surface area contributed by atoms with Gasteiger partial charge in [-0.2, -0.15) is 0 Å². The van der Waals surface area contributed by atoms with Gasteiger partial charge in [0.2, 0.25) is 0 Å². The van der Waals surface area contributed by atoms with Crippen LogP contribution in [0.15, 0.2) is 42.5 Å². The quantitative estimate of drug-likeness (QED) is 0.899. The molecule has 1 heteroatoms. The molecule has 1 aliphatic carbocycles. The van der Waals surface area contributed by atoms with Crippen LogP contribution in [0, 0.1) is 19.8 Å². The highest BCUT2D eigenvalue weighted by atomic mass is 16.3. The van der Waals surface area contributed by atoms with Crippen LogP contribution >= 0.6 is 0 Å². The van der Waals surface area contributed by atoms with Gasteiger partial charge in [0.1, 0.15) is 0 Å². The van der Waals surface area contributed by atoms with E-state index in [2.05, 4.69) is 56.3 Å². The summed E-state index contributed by atoms with van der Waals surface area (Å²) in [5.74, 6) is 0.369. The van der Waals surface area contributed by atoms with Gasteiger partial charge in [-0.25, -0.2) is 0 Å². The van der Waals surface area contributed by atoms with Gasteiger partial charge in [-0.15, -0.1) is 0 Å². The molecule has 1 N–H and O–H groups in total. The highest BCUT2D eigenvalue weighted by molar-refractivity contribution is 5.33. The zero-order valence-corrected chi connectivity index (χ0v) is 12.3. The standard InChI is InChI=1S/C19H22O/c1-13-7-8-15(9-14(13)2)10-19(20)18-11-16-5-3-4-6-17(16)12-18/h3-9,18-20H,10-12H2,1-2H3. The molecule has 1 aliphatic rings. The summed E-state index contributed by atoms with van der Waals surface area (Å²) in [6, 6.07) is 15.1. The molecule has 0 radical (unpaired) electrons. The molecular formula is C19H22O. The first-order chi connectivity index (χ1) is 9.63. The van der Waals surface area contributed by atoms with Crippen LogP contribution in [0.5, 0.6) is 0 Å². The minimum absolute atomic E-state index is 0.246. The molecule has 0 spiro atoms. The number of fused-ring (bicyclic) bond motifs is 1. The molecule has 0 saturated carbocycles. The third-order valence-electron chi connectivity index (χ3n) is 4.64. The van der Waals surface area contributed by atoms with Gasteiger partial charge in [0.15, 0.2) is 0 Å². The van der Waals surface area contributed by atoms with Crippen molar-refractivity contribution in [1.82, 2.24) is 0 Å². The van der Waals surface area contributed by atoms with Crippen LogP contribution in [0.3, 0.4) is 0 Å². The molecule has 0 amide bonds. The highest BCUT2D eigenvalue weighted by Crippen LogP contribution is 2.30. The maximum absolute atomic E-state index is 10.5. The van der Waals surface area contributed by atoms with Crippen LogP contribution in [-0.4, -0.2) is 11.2 Å². The molecule has 0 heterocycles. The summed E-state index contributed by atoms with van der Waals surface area (Å²) in [5, 5.41) is 10.5. The smallest absolute Gasteiger partial charge is 0.0615 e. The van der Waals surface area contributed by atoms with Crippen molar-refractivity contribution in [2.45, 2.75) is 39.2 Å². The Morgan fingerprint density at radius 2 is 1.65 bits per heavy atom. The molecule has 3 rings (SSSR count). The van der Waals surface area contributed by atoms with Crippen molar-refractivity contribution in [1.29, 1.82) is 0 Å². The molecule has 2 aromatic rings. The molecule has 1 unspecified atom stereocenters. The van der Waals surface area contributed by atoms with Crippen LogP contribution in [0.25, 0.3) is 0 Å². The van der Waals surface area contributed by atoms with Crippen molar-refractivity contribution < 1.29 is 5.11 Å². The van der Waals surface area contributed by atoms with Gasteiger partial charge in [-0.05, 0) is 66.8 Å². The Bertz CT molecular complexity index is 590. The molecule has 2 aromatic carbocycles. The maximum Gasteiger partial charge on any atom is 0.0615 e. The Balaban J connectivity index is 1.69. The molecule has 0 bridgehead atoms. The van der Waals surface area contributed by atoms with Gasteiger partial charge < -0.3 is 5.11 Å². The second-order valence-electron chi connectivity index (χ2n) is 6.13. The second kappa shape index (κ2) is 5.41. The fourth-order valence-electron chi connectivity index (χ4n) is 3.20. The largest absolute Gasteiger partial charge is 0.392 e. The summed E-state index contributed by atoms with van der Waals surface area (Å²) in [5.41, 5.74) is 6.70. The number of hydrogen-bond acceptors (Lipinski definition) is 1. The third-order valence-corrected chi connectivity index (χ3v) is 4.64. The fourth-order valence-corrected chi connectivity index (χ4v) is 3.20. The van der Waals surface area contributed by atoms with Crippen molar-refractivity contribution in [2.75, 3.05) is 0 Å². The summed E-state index contributed by atoms with van der Waals surface area (Å²) in [6.07, 6.45) is 2.55. The number of rotatable bonds is 3. The summed E-state index contributed by atoms with van der Waals surface area (Å²) in [6.45, 7) is 4.26. The first-order valence-electron chi connectivity index (χ1n) is 7.44. The van der Waals surface area contributed by atoms with Gasteiger partial charge in [-0.3, -0.25) is 0 Å². The number of aliphatic hydroxyl groups is 1. The topological polar surface area (TPSA) is 20.2 Å². The minimum atomic E-state index is -0.246. The predicted octanol–water partition coefficient (Wildman–Crippen LogP) is 3.62. The van der Waals surface area contributed by atoms with Gasteiger partial charge in [0.25, 0.3) is 0 Å². The lowest BCUT2D eigenvalue weighted by atomic mass is 9.92. The van der Waals surface area contributed by atoms with E-state index in [1.54, 1.807) is 0 Å². The van der Waals surface area contributed by atoms with Crippen molar-refractivity contribution in [3.63, 3.8) is 0 Å². The molecule has 20 heavy (non-hydrogen) atoms. The molecule has 0 aromatic heterocycles. The van der Waals surface area contributed by atoms with Crippen LogP contribution in [-0.2, 0) is 19.3 Å². The van der Waals surface area contributed by atoms with E-state index >= 15 is 0 Å². The van der Waals surface area contributed by atoms with Crippen molar-refractivity contribution in [2.24, 2.45) is 5.92 Å². The molecule has 0 aliphatic heterocycles. The Morgan fingerprint density at radius 3 is 2.25 bits per heavy atom. The number of aryl methyl sites for hydroxylation is 2. The number of benzene rings is 2. The van der Waals surface area contributed by atoms with E-state index in [9.17, 15) is 5.11 Å². The third kappa shape index (κ3) is 2.64. The Labute approximate surface area is 121 Å². The SMILES string of the molecule is Cc1ccc(CC(O)C2Cc3ccccc3C2)cc1C. The molecule has 0 saturated heterocycles. The van der Waals surface area contributed by atoms with E-state index in [1.165, 1.54) is 27.8 Å². The highest BCUT2D eigenvalue weighted by Gasteiger charge is 2.27. The average molecular weight is 266 g/mol. The van der Waals surface area contributed by atoms with Crippen LogP contribution < -0.4 is 0 Å². The normalized spacial score (nSPS) is 16.1. The van der Waals surface area contributed by atoms with Crippen LogP contribution in [0.2, 0.25) is 0 Å². The van der Waals surface area contributed by atoms with E-state index in [0.29, 0.717) is 5.92 Å². The van der Waals surface area contributed by atoms with E-state index in [0.717, 1.165) is 19.3 Å². The summed E-state index contributed by atoms with van der Waals surface area (Å²) in [7, 11) is 0. The summed E-state index contributed by atoms with van der Waals surface area (Å²) in [4.78, 5) is 0. The van der Waals surface area contributed by atoms with Gasteiger partial charge in [-0.1, -0.05) is 42.5 Å². The van der Waals surface area contributed by atoms with Gasteiger partial charge in [0.05, 0.1) is 6.10 Å². The molecule has 1 atom stereocenters. The summed E-state index contributed by atoms with van der Waals surface area (Å²) >= 11 is 0. The predicted molar refractivity (Wildman–Crippen MR) is 83.0 cm³/mol. The lowest BCUT2D eigenvalue weighted by Crippen LogP contribution is -2.23. The zero-order valence-electron chi connectivity index (χ0n) is 12.3. The molecule has 1 nitrogen and oxygen atoms in total. The molecule has 0 fully saturated rings. The van der Waals surface area contributed by atoms with Gasteiger partial charge >= 0.3 is 0 Å². The Hall–Kier alpha value is -1.60. The maximum atomic E-state index is 10.5. The lowest BCUT2D eigenvalue weighted by Gasteiger charge is -2.18. The second-order valence-corrected chi connectivity index (χ2v) is 6.13. The van der Waals surface area contributed by atoms with Gasteiger partial charge in [0, 0.05) is 0 Å². The lowest BCUT2D eigenvalue weighted by molar-refractivity contribution is 0.113. The van der Waals surface area contributed by atoms with E-state index < -0.39 is 0 Å². The monoisotopic (exact) mass is 266 g/mol. The average Bonchev–Trinajstić information content (AvgIpc) is 2.87. The van der Waals surface area contributed by atoms with Crippen molar-refractivity contribution in [3.8, 4) is 0 Å². The minimum Gasteiger partial charge on any atom is -0.392 e. The van der Waals surface area contributed by atoms with Crippen molar-refractivity contribution >= 4 is 0 Å². The molecular weight excluding hydrogens is 244 g/mol. The Morgan fingerprint density at radius 1 is 1.00 bits per heavy atom. The fraction of sp³-hybridized carbons (Fsp3) is 0.368. The van der Waals surface area contributed by atoms with E-state index in [-0.39, 0.29) is 6.10 Å². The number of aliphatic hydroxyl groups excluding tert-OH is 1. The first-order valence-corrected chi connectivity index (χ1v) is 7.44. The van der Waals surface area contributed by atoms with Crippen LogP contribution in [0.1, 0.15) is 27.8 Å². The Kier molecular flexibility index (Phi) is 3.62. The number of hydrogen-bond donors (Lipinski definition) is 1.